The van der Waals surface area contributed by atoms with Gasteiger partial charge >= 0.3 is 0 Å². The summed E-state index contributed by atoms with van der Waals surface area (Å²) in [6.07, 6.45) is 5.64. The average molecular weight is 513 g/mol. The van der Waals surface area contributed by atoms with E-state index in [2.05, 4.69) is 49.1 Å². The van der Waals surface area contributed by atoms with Crippen LogP contribution in [0.3, 0.4) is 0 Å². The van der Waals surface area contributed by atoms with Crippen molar-refractivity contribution in [2.45, 2.75) is 25.4 Å². The molecule has 2 N–H and O–H groups in total. The van der Waals surface area contributed by atoms with E-state index in [0.29, 0.717) is 23.1 Å². The molecular weight excluding hydrogens is 484 g/mol. The number of thiocarbonyl (C=S) groups is 1. The Morgan fingerprint density at radius 3 is 2.68 bits per heavy atom. The number of rotatable bonds is 8. The number of ether oxygens (including phenoxy) is 1. The highest BCUT2D eigenvalue weighted by molar-refractivity contribution is 7.80. The number of amides is 1. The maximum absolute atomic E-state index is 12.9. The molecule has 1 aliphatic rings. The second-order valence-electron chi connectivity index (χ2n) is 8.76. The van der Waals surface area contributed by atoms with Crippen LogP contribution in [0.5, 0.6) is 5.75 Å². The second kappa shape index (κ2) is 10.8. The number of methoxy groups -OCH3 is 1. The lowest BCUT2D eigenvalue weighted by molar-refractivity contribution is -0.116. The van der Waals surface area contributed by atoms with Crippen molar-refractivity contribution in [2.75, 3.05) is 19.0 Å². The SMILES string of the molecule is COc1ccccc1NC(=O)CCN1C(=S)N[C@H](c2ccccn2)[C@H]1c1ccc(C)n1-c1cccnc1. The number of aromatic nitrogens is 3. The Labute approximate surface area is 221 Å². The summed E-state index contributed by atoms with van der Waals surface area (Å²) in [7, 11) is 1.58. The normalized spacial score (nSPS) is 16.9. The topological polar surface area (TPSA) is 84.3 Å². The van der Waals surface area contributed by atoms with Gasteiger partial charge in [-0.2, -0.15) is 0 Å². The summed E-state index contributed by atoms with van der Waals surface area (Å²) in [5.41, 5.74) is 4.60. The number of pyridine rings is 2. The smallest absolute Gasteiger partial charge is 0.226 e. The van der Waals surface area contributed by atoms with Gasteiger partial charge in [-0.05, 0) is 67.7 Å². The third kappa shape index (κ3) is 5.03. The first-order valence-corrected chi connectivity index (χ1v) is 12.5. The van der Waals surface area contributed by atoms with Crippen LogP contribution in [0.4, 0.5) is 5.69 Å². The minimum Gasteiger partial charge on any atom is -0.495 e. The number of nitrogens with zero attached hydrogens (tertiary/aromatic N) is 4. The number of carbonyl (C=O) groups is 1. The van der Waals surface area contributed by atoms with E-state index in [0.717, 1.165) is 22.8 Å². The van der Waals surface area contributed by atoms with Crippen molar-refractivity contribution in [2.24, 2.45) is 0 Å². The molecule has 0 saturated carbocycles. The van der Waals surface area contributed by atoms with Gasteiger partial charge in [-0.25, -0.2) is 0 Å². The first-order chi connectivity index (χ1) is 18.1. The molecule has 9 heteroatoms. The molecule has 0 spiro atoms. The Balaban J connectivity index is 1.46. The predicted molar refractivity (Wildman–Crippen MR) is 147 cm³/mol. The number of aryl methyl sites for hydroxylation is 1. The molecule has 1 fully saturated rings. The number of hydrogen-bond acceptors (Lipinski definition) is 5. The molecule has 3 aromatic heterocycles. The van der Waals surface area contributed by atoms with E-state index in [1.165, 1.54) is 0 Å². The van der Waals surface area contributed by atoms with E-state index in [-0.39, 0.29) is 24.4 Å². The Bertz CT molecular complexity index is 1390. The first-order valence-electron chi connectivity index (χ1n) is 12.1. The van der Waals surface area contributed by atoms with E-state index < -0.39 is 0 Å². The summed E-state index contributed by atoms with van der Waals surface area (Å²) in [4.78, 5) is 24.0. The van der Waals surface area contributed by atoms with Crippen molar-refractivity contribution in [3.05, 3.63) is 102 Å². The fraction of sp³-hybridized carbons (Fsp3) is 0.214. The predicted octanol–water partition coefficient (Wildman–Crippen LogP) is 4.59. The monoisotopic (exact) mass is 512 g/mol. The molecule has 0 radical (unpaired) electrons. The third-order valence-corrected chi connectivity index (χ3v) is 6.82. The van der Waals surface area contributed by atoms with Crippen molar-refractivity contribution in [1.29, 1.82) is 0 Å². The number of benzene rings is 1. The fourth-order valence-electron chi connectivity index (χ4n) is 4.78. The molecule has 188 valence electrons. The number of anilines is 1. The zero-order valence-corrected chi connectivity index (χ0v) is 21.5. The molecule has 4 heterocycles. The maximum atomic E-state index is 12.9. The minimum atomic E-state index is -0.185. The zero-order valence-electron chi connectivity index (χ0n) is 20.7. The van der Waals surface area contributed by atoms with Gasteiger partial charge < -0.3 is 24.8 Å². The number of para-hydroxylation sites is 2. The van der Waals surface area contributed by atoms with Crippen LogP contribution in [-0.2, 0) is 4.79 Å². The minimum absolute atomic E-state index is 0.119. The Kier molecular flexibility index (Phi) is 7.14. The molecular formula is C28H28N6O2S. The van der Waals surface area contributed by atoms with Crippen LogP contribution in [-0.4, -0.2) is 44.1 Å². The standard InChI is InChI=1S/C28H28N6O2S/c1-19-12-13-23(34(19)20-8-7-15-29-18-20)27-26(22-10-5-6-16-30-22)32-28(37)33(27)17-14-25(35)31-21-9-3-4-11-24(21)36-2/h3-13,15-16,18,26-27H,14,17H2,1-2H3,(H,31,35)(H,32,37)/t26-,27-/m1/s1. The maximum Gasteiger partial charge on any atom is 0.226 e. The Morgan fingerprint density at radius 1 is 1.08 bits per heavy atom. The van der Waals surface area contributed by atoms with Crippen LogP contribution in [0.1, 0.15) is 35.6 Å². The Morgan fingerprint density at radius 2 is 1.92 bits per heavy atom. The van der Waals surface area contributed by atoms with Gasteiger partial charge in [-0.3, -0.25) is 14.8 Å². The van der Waals surface area contributed by atoms with Crippen molar-refractivity contribution >= 4 is 28.9 Å². The van der Waals surface area contributed by atoms with E-state index in [9.17, 15) is 4.79 Å². The molecule has 5 rings (SSSR count). The van der Waals surface area contributed by atoms with Crippen LogP contribution in [0, 0.1) is 6.92 Å². The molecule has 1 amide bonds. The molecule has 8 nitrogen and oxygen atoms in total. The lowest BCUT2D eigenvalue weighted by Crippen LogP contribution is -2.33. The molecule has 37 heavy (non-hydrogen) atoms. The van der Waals surface area contributed by atoms with Crippen molar-refractivity contribution in [3.63, 3.8) is 0 Å². The first kappa shape index (κ1) is 24.5. The largest absolute Gasteiger partial charge is 0.495 e. The summed E-state index contributed by atoms with van der Waals surface area (Å²) < 4.78 is 7.55. The van der Waals surface area contributed by atoms with Crippen LogP contribution >= 0.6 is 12.2 Å². The molecule has 1 aromatic carbocycles. The molecule has 0 aliphatic carbocycles. The van der Waals surface area contributed by atoms with Crippen LogP contribution < -0.4 is 15.4 Å². The summed E-state index contributed by atoms with van der Waals surface area (Å²) in [5, 5.41) is 7.01. The van der Waals surface area contributed by atoms with Gasteiger partial charge in [0.05, 0.1) is 42.5 Å². The highest BCUT2D eigenvalue weighted by atomic mass is 32.1. The lowest BCUT2D eigenvalue weighted by Gasteiger charge is -2.29. The summed E-state index contributed by atoms with van der Waals surface area (Å²) in [6.45, 7) is 2.50. The zero-order chi connectivity index (χ0) is 25.8. The fourth-order valence-corrected chi connectivity index (χ4v) is 5.11. The van der Waals surface area contributed by atoms with Gasteiger partial charge in [-0.1, -0.05) is 18.2 Å². The van der Waals surface area contributed by atoms with E-state index in [1.54, 1.807) is 19.5 Å². The van der Waals surface area contributed by atoms with E-state index in [4.69, 9.17) is 17.0 Å². The van der Waals surface area contributed by atoms with Crippen molar-refractivity contribution in [3.8, 4) is 11.4 Å². The third-order valence-electron chi connectivity index (χ3n) is 6.47. The Hall–Kier alpha value is -4.24. The van der Waals surface area contributed by atoms with Crippen LogP contribution in [0.25, 0.3) is 5.69 Å². The van der Waals surface area contributed by atoms with Gasteiger partial charge in [0, 0.05) is 36.7 Å². The quantitative estimate of drug-likeness (QED) is 0.334. The molecule has 2 atom stereocenters. The summed E-state index contributed by atoms with van der Waals surface area (Å²) in [5.74, 6) is 0.498. The molecule has 1 saturated heterocycles. The van der Waals surface area contributed by atoms with Gasteiger partial charge in [0.2, 0.25) is 5.91 Å². The highest BCUT2D eigenvalue weighted by Gasteiger charge is 2.41. The van der Waals surface area contributed by atoms with Crippen LogP contribution in [0.2, 0.25) is 0 Å². The van der Waals surface area contributed by atoms with Crippen molar-refractivity contribution < 1.29 is 9.53 Å². The average Bonchev–Trinajstić information content (AvgIpc) is 3.47. The van der Waals surface area contributed by atoms with Gasteiger partial charge in [0.15, 0.2) is 5.11 Å². The molecule has 0 unspecified atom stereocenters. The van der Waals surface area contributed by atoms with Gasteiger partial charge in [-0.15, -0.1) is 0 Å². The summed E-state index contributed by atoms with van der Waals surface area (Å²) >= 11 is 5.80. The van der Waals surface area contributed by atoms with E-state index in [1.807, 2.05) is 60.8 Å². The van der Waals surface area contributed by atoms with Crippen molar-refractivity contribution in [1.82, 2.24) is 24.8 Å². The number of carbonyl (C=O) groups excluding carboxylic acids is 1. The van der Waals surface area contributed by atoms with E-state index >= 15 is 0 Å². The number of hydrogen-bond donors (Lipinski definition) is 2. The summed E-state index contributed by atoms with van der Waals surface area (Å²) in [6, 6.07) is 21.0. The van der Waals surface area contributed by atoms with Gasteiger partial charge in [0.1, 0.15) is 5.75 Å². The number of nitrogens with one attached hydrogen (secondary N) is 2. The molecule has 0 bridgehead atoms. The molecule has 4 aromatic rings. The lowest BCUT2D eigenvalue weighted by atomic mass is 10.0. The second-order valence-corrected chi connectivity index (χ2v) is 9.15. The van der Waals surface area contributed by atoms with Crippen LogP contribution in [0.15, 0.2) is 85.3 Å². The molecule has 1 aliphatic heterocycles. The highest BCUT2D eigenvalue weighted by Crippen LogP contribution is 2.40. The van der Waals surface area contributed by atoms with Gasteiger partial charge in [0.25, 0.3) is 0 Å².